The van der Waals surface area contributed by atoms with E-state index in [1.165, 1.54) is 16.2 Å². The number of thiophene rings is 1. The van der Waals surface area contributed by atoms with Crippen LogP contribution < -0.4 is 9.64 Å². The largest absolute Gasteiger partial charge is 0.461 e. The molecule has 1 amide bonds. The van der Waals surface area contributed by atoms with Crippen molar-refractivity contribution in [1.82, 2.24) is 19.8 Å². The molecule has 2 aromatic heterocycles. The Balaban J connectivity index is 1.28. The van der Waals surface area contributed by atoms with E-state index in [9.17, 15) is 9.18 Å². The van der Waals surface area contributed by atoms with Gasteiger partial charge in [0.25, 0.3) is 0 Å². The number of ether oxygens (including phenoxy) is 1. The van der Waals surface area contributed by atoms with Gasteiger partial charge < -0.3 is 19.4 Å². The Morgan fingerprint density at radius 2 is 2.12 bits per heavy atom. The Bertz CT molecular complexity index is 1750. The molecule has 10 heteroatoms. The number of anilines is 1. The van der Waals surface area contributed by atoms with Crippen LogP contribution in [0, 0.1) is 6.57 Å². The van der Waals surface area contributed by atoms with Crippen LogP contribution >= 0.6 is 11.3 Å². The average Bonchev–Trinajstić information content (AvgIpc) is 3.73. The molecule has 0 radical (unpaired) electrons. The van der Waals surface area contributed by atoms with Gasteiger partial charge in [-0.15, -0.1) is 11.3 Å². The summed E-state index contributed by atoms with van der Waals surface area (Å²) >= 11 is 1.72. The summed E-state index contributed by atoms with van der Waals surface area (Å²) in [7, 11) is 0. The lowest BCUT2D eigenvalue weighted by molar-refractivity contribution is -0.128. The highest BCUT2D eigenvalue weighted by molar-refractivity contribution is 7.17. The third-order valence-electron chi connectivity index (χ3n) is 9.22. The first-order valence-electron chi connectivity index (χ1n) is 14.8. The number of carbonyl (C=O) groups is 1. The first-order chi connectivity index (χ1) is 21.0. The second-order valence-electron chi connectivity index (χ2n) is 11.7. The van der Waals surface area contributed by atoms with Crippen LogP contribution in [-0.4, -0.2) is 89.3 Å². The number of halogens is 1. The van der Waals surface area contributed by atoms with Crippen molar-refractivity contribution in [3.63, 3.8) is 0 Å². The molecule has 4 aromatic rings. The zero-order valence-electron chi connectivity index (χ0n) is 23.9. The standard InChI is InChI=1S/C33H33FN6O2S/c1-3-29(41)40-14-13-38(20-25(40)18-35-2)31-27-9-8-23(26-7-4-6-22-10-15-43-30(22)26)16-28(27)36-32(37-31)42-21-33-11-5-12-39(33)19-24(34)17-33/h3-4,6-10,15-16,24-25H,1,5,11-14,17-21H2/t24-,25+,33?/m1/s1. The van der Waals surface area contributed by atoms with Gasteiger partial charge in [-0.2, -0.15) is 9.97 Å². The summed E-state index contributed by atoms with van der Waals surface area (Å²) in [6.45, 7) is 14.5. The Morgan fingerprint density at radius 1 is 1.21 bits per heavy atom. The lowest BCUT2D eigenvalue weighted by Crippen LogP contribution is -2.56. The molecule has 43 heavy (non-hydrogen) atoms. The van der Waals surface area contributed by atoms with Crippen molar-refractivity contribution in [1.29, 1.82) is 0 Å². The smallest absolute Gasteiger partial charge is 0.319 e. The quantitative estimate of drug-likeness (QED) is 0.205. The molecule has 3 fully saturated rings. The van der Waals surface area contributed by atoms with Gasteiger partial charge in [0.1, 0.15) is 24.6 Å². The predicted octanol–water partition coefficient (Wildman–Crippen LogP) is 5.59. The topological polar surface area (TPSA) is 66.2 Å². The van der Waals surface area contributed by atoms with E-state index < -0.39 is 6.17 Å². The van der Waals surface area contributed by atoms with Crippen molar-refractivity contribution in [2.45, 2.75) is 37.0 Å². The fourth-order valence-electron chi connectivity index (χ4n) is 7.15. The summed E-state index contributed by atoms with van der Waals surface area (Å²) < 4.78 is 22.0. The van der Waals surface area contributed by atoms with Crippen molar-refractivity contribution < 1.29 is 13.9 Å². The van der Waals surface area contributed by atoms with Crippen molar-refractivity contribution in [3.8, 4) is 17.1 Å². The van der Waals surface area contributed by atoms with E-state index in [1.54, 1.807) is 16.2 Å². The minimum absolute atomic E-state index is 0.166. The van der Waals surface area contributed by atoms with Crippen LogP contribution in [0.3, 0.4) is 0 Å². The molecule has 3 atom stereocenters. The van der Waals surface area contributed by atoms with Gasteiger partial charge in [0.2, 0.25) is 12.5 Å². The highest BCUT2D eigenvalue weighted by atomic mass is 32.1. The SMILES string of the molecule is [C-]#[N+]C[C@H]1CN(c2nc(OCC34CCCN3C[C@H](F)C4)nc3cc(-c4cccc5ccsc45)ccc23)CCN1C(=O)C=C. The minimum atomic E-state index is -0.839. The molecule has 0 N–H and O–H groups in total. The van der Waals surface area contributed by atoms with Gasteiger partial charge in [0.05, 0.1) is 11.1 Å². The number of amides is 1. The van der Waals surface area contributed by atoms with Gasteiger partial charge in [-0.1, -0.05) is 30.8 Å². The van der Waals surface area contributed by atoms with E-state index >= 15 is 0 Å². The number of alkyl halides is 1. The maximum atomic E-state index is 14.4. The molecule has 2 aromatic carbocycles. The molecular weight excluding hydrogens is 563 g/mol. The lowest BCUT2D eigenvalue weighted by Gasteiger charge is -2.39. The second kappa shape index (κ2) is 11.2. The summed E-state index contributed by atoms with van der Waals surface area (Å²) in [6, 6.07) is 14.7. The van der Waals surface area contributed by atoms with E-state index in [4.69, 9.17) is 21.3 Å². The second-order valence-corrected chi connectivity index (χ2v) is 12.7. The van der Waals surface area contributed by atoms with Gasteiger partial charge in [0.15, 0.2) is 0 Å². The summed E-state index contributed by atoms with van der Waals surface area (Å²) in [5, 5.41) is 4.19. The predicted molar refractivity (Wildman–Crippen MR) is 168 cm³/mol. The Labute approximate surface area is 254 Å². The fraction of sp³-hybridized carbons (Fsp3) is 0.394. The third kappa shape index (κ3) is 5.00. The van der Waals surface area contributed by atoms with Crippen LogP contribution in [0.2, 0.25) is 0 Å². The number of carbonyl (C=O) groups excluding carboxylic acids is 1. The lowest BCUT2D eigenvalue weighted by atomic mass is 9.95. The normalized spacial score (nSPS) is 23.9. The molecule has 1 unspecified atom stereocenters. The highest BCUT2D eigenvalue weighted by Crippen LogP contribution is 2.41. The van der Waals surface area contributed by atoms with Crippen molar-refractivity contribution >= 4 is 44.1 Å². The molecule has 3 saturated heterocycles. The number of nitrogens with zero attached hydrogens (tertiary/aromatic N) is 6. The molecule has 0 bridgehead atoms. The average molecular weight is 597 g/mol. The number of aromatic nitrogens is 2. The molecule has 0 saturated carbocycles. The van der Waals surface area contributed by atoms with E-state index in [0.717, 1.165) is 47.2 Å². The van der Waals surface area contributed by atoms with Crippen LogP contribution in [0.15, 0.2) is 60.5 Å². The summed E-state index contributed by atoms with van der Waals surface area (Å²) in [4.78, 5) is 32.1. The molecule has 7 rings (SSSR count). The Hall–Kier alpha value is -4.07. The van der Waals surface area contributed by atoms with Crippen molar-refractivity contribution in [2.75, 3.05) is 50.8 Å². The Morgan fingerprint density at radius 3 is 2.98 bits per heavy atom. The minimum Gasteiger partial charge on any atom is -0.461 e. The van der Waals surface area contributed by atoms with Crippen molar-refractivity contribution in [3.05, 3.63) is 71.9 Å². The van der Waals surface area contributed by atoms with E-state index in [2.05, 4.69) is 69.1 Å². The monoisotopic (exact) mass is 596 g/mol. The van der Waals surface area contributed by atoms with E-state index in [1.807, 2.05) is 0 Å². The number of rotatable bonds is 7. The van der Waals surface area contributed by atoms with Crippen LogP contribution in [0.1, 0.15) is 19.3 Å². The van der Waals surface area contributed by atoms with Gasteiger partial charge in [-0.3, -0.25) is 9.69 Å². The van der Waals surface area contributed by atoms with Crippen LogP contribution in [-0.2, 0) is 4.79 Å². The summed E-state index contributed by atoms with van der Waals surface area (Å²) in [6.07, 6.45) is 2.88. The molecule has 0 aliphatic carbocycles. The van der Waals surface area contributed by atoms with Gasteiger partial charge in [-0.25, -0.2) is 11.0 Å². The molecule has 8 nitrogen and oxygen atoms in total. The maximum Gasteiger partial charge on any atom is 0.319 e. The molecule has 220 valence electrons. The molecule has 0 spiro atoms. The van der Waals surface area contributed by atoms with Crippen LogP contribution in [0.5, 0.6) is 6.01 Å². The number of piperazine rings is 1. The van der Waals surface area contributed by atoms with Crippen LogP contribution in [0.4, 0.5) is 10.2 Å². The molecule has 3 aliphatic heterocycles. The first-order valence-corrected chi connectivity index (χ1v) is 15.7. The number of fused-ring (bicyclic) bond motifs is 3. The zero-order valence-corrected chi connectivity index (χ0v) is 24.7. The van der Waals surface area contributed by atoms with Crippen LogP contribution in [0.25, 0.3) is 37.0 Å². The van der Waals surface area contributed by atoms with E-state index in [-0.39, 0.29) is 30.0 Å². The Kier molecular flexibility index (Phi) is 7.23. The number of benzene rings is 2. The van der Waals surface area contributed by atoms with Gasteiger partial charge in [0, 0.05) is 42.7 Å². The molecular formula is C33H33FN6O2S. The number of hydrogen-bond acceptors (Lipinski definition) is 7. The third-order valence-corrected chi connectivity index (χ3v) is 10.2. The molecule has 3 aliphatic rings. The van der Waals surface area contributed by atoms with Crippen molar-refractivity contribution in [2.24, 2.45) is 0 Å². The fourth-order valence-corrected chi connectivity index (χ4v) is 8.09. The van der Waals surface area contributed by atoms with E-state index in [0.29, 0.717) is 39.2 Å². The van der Waals surface area contributed by atoms with Gasteiger partial charge >= 0.3 is 6.01 Å². The maximum absolute atomic E-state index is 14.4. The number of hydrogen-bond donors (Lipinski definition) is 0. The summed E-state index contributed by atoms with van der Waals surface area (Å²) in [5.74, 6) is 0.553. The molecule has 5 heterocycles. The first kappa shape index (κ1) is 27.7. The zero-order chi connectivity index (χ0) is 29.6. The highest BCUT2D eigenvalue weighted by Gasteiger charge is 2.49. The summed E-state index contributed by atoms with van der Waals surface area (Å²) in [5.41, 5.74) is 2.64. The van der Waals surface area contributed by atoms with Gasteiger partial charge in [-0.05, 0) is 65.6 Å².